The lowest BCUT2D eigenvalue weighted by molar-refractivity contribution is -0.154. The van der Waals surface area contributed by atoms with Gasteiger partial charge in [-0.25, -0.2) is 4.79 Å². The lowest BCUT2D eigenvalue weighted by atomic mass is 10.1. The Labute approximate surface area is 306 Å². The van der Waals surface area contributed by atoms with Gasteiger partial charge in [0, 0.05) is 28.5 Å². The van der Waals surface area contributed by atoms with Crippen molar-refractivity contribution in [2.45, 2.75) is 43.9 Å². The molecule has 0 aliphatic heterocycles. The number of halogens is 4. The molecule has 1 fully saturated rings. The summed E-state index contributed by atoms with van der Waals surface area (Å²) in [4.78, 5) is 62.7. The van der Waals surface area contributed by atoms with Crippen molar-refractivity contribution in [1.82, 2.24) is 25.6 Å². The SMILES string of the molecule is CCc1cccc(NC(=O)C(=O)NC[C@H](NC(=O)c2ccc(Nc3nc(NC4(c5ccc(Cl)cc5)CC4)nc(OCC(F)(F)F)n3)cc2)C(=O)OC)c1. The van der Waals surface area contributed by atoms with Crippen molar-refractivity contribution in [1.29, 1.82) is 0 Å². The molecular formula is C35H34ClF3N8O6. The van der Waals surface area contributed by atoms with Crippen molar-refractivity contribution in [3.63, 3.8) is 0 Å². The van der Waals surface area contributed by atoms with Gasteiger partial charge in [0.1, 0.15) is 6.04 Å². The number of carbonyl (C=O) groups is 4. The minimum atomic E-state index is -4.64. The number of nitrogens with one attached hydrogen (secondary N) is 5. The fraction of sp³-hybridized carbons (Fsp3) is 0.286. The minimum absolute atomic E-state index is 0.0350. The summed E-state index contributed by atoms with van der Waals surface area (Å²) in [6, 6.07) is 17.9. The number of rotatable bonds is 14. The van der Waals surface area contributed by atoms with Crippen LogP contribution in [-0.4, -0.2) is 71.1 Å². The number of aromatic nitrogens is 3. The van der Waals surface area contributed by atoms with Gasteiger partial charge < -0.3 is 36.1 Å². The van der Waals surface area contributed by atoms with E-state index in [1.807, 2.05) is 25.1 Å². The summed E-state index contributed by atoms with van der Waals surface area (Å²) in [6.45, 7) is -0.135. The lowest BCUT2D eigenvalue weighted by Crippen LogP contribution is -2.50. The summed E-state index contributed by atoms with van der Waals surface area (Å²) in [6.07, 6.45) is -2.50. The third kappa shape index (κ3) is 10.8. The van der Waals surface area contributed by atoms with E-state index in [2.05, 4.69) is 41.5 Å². The molecule has 3 aromatic carbocycles. The maximum absolute atomic E-state index is 13.1. The standard InChI is InChI=1S/C35H34ClF3N8O6/c1-3-20-5-4-6-25(17-20)41-29(50)28(49)40-18-26(30(51)52-2)43-27(48)21-7-13-24(14-8-21)42-31-44-32(46-33(45-31)53-19-35(37,38)39)47-34(15-16-34)22-9-11-23(36)12-10-22/h4-14,17,26H,3,15-16,18-19H2,1-2H3,(H,40,49)(H,41,50)(H,43,48)(H2,42,44,45,46,47)/t26-/m0/s1. The van der Waals surface area contributed by atoms with E-state index in [0.29, 0.717) is 29.2 Å². The molecule has 0 unspecified atom stereocenters. The highest BCUT2D eigenvalue weighted by atomic mass is 35.5. The third-order valence-electron chi connectivity index (χ3n) is 7.94. The second-order valence-electron chi connectivity index (χ2n) is 11.9. The molecule has 1 atom stereocenters. The number of alkyl halides is 3. The molecule has 5 N–H and O–H groups in total. The van der Waals surface area contributed by atoms with Crippen molar-refractivity contribution < 1.29 is 41.8 Å². The molecule has 18 heteroatoms. The molecule has 0 spiro atoms. The van der Waals surface area contributed by atoms with E-state index in [1.165, 1.54) is 24.3 Å². The van der Waals surface area contributed by atoms with E-state index in [-0.39, 0.29) is 17.5 Å². The Morgan fingerprint density at radius 2 is 1.60 bits per heavy atom. The fourth-order valence-corrected chi connectivity index (χ4v) is 5.14. The summed E-state index contributed by atoms with van der Waals surface area (Å²) in [5.41, 5.74) is 2.14. The number of anilines is 4. The number of hydrogen-bond donors (Lipinski definition) is 5. The molecule has 0 bridgehead atoms. The maximum atomic E-state index is 13.1. The molecule has 1 aliphatic rings. The van der Waals surface area contributed by atoms with Crippen LogP contribution in [0, 0.1) is 0 Å². The highest BCUT2D eigenvalue weighted by molar-refractivity contribution is 6.39. The minimum Gasteiger partial charge on any atom is -0.467 e. The number of carbonyl (C=O) groups excluding carboxylic acids is 4. The van der Waals surface area contributed by atoms with Gasteiger partial charge >= 0.3 is 30.0 Å². The summed E-state index contributed by atoms with van der Waals surface area (Å²) in [5, 5.41) is 13.8. The molecule has 53 heavy (non-hydrogen) atoms. The molecule has 3 amide bonds. The van der Waals surface area contributed by atoms with Gasteiger partial charge in [-0.15, -0.1) is 0 Å². The van der Waals surface area contributed by atoms with Crippen LogP contribution in [-0.2, 0) is 31.1 Å². The van der Waals surface area contributed by atoms with Crippen LogP contribution >= 0.6 is 11.6 Å². The topological polar surface area (TPSA) is 186 Å². The van der Waals surface area contributed by atoms with Crippen molar-refractivity contribution >= 4 is 58.6 Å². The zero-order valence-electron chi connectivity index (χ0n) is 28.3. The first-order chi connectivity index (χ1) is 25.3. The summed E-state index contributed by atoms with van der Waals surface area (Å²) in [5.74, 6) is -3.77. The van der Waals surface area contributed by atoms with Crippen LogP contribution in [0.2, 0.25) is 5.02 Å². The smallest absolute Gasteiger partial charge is 0.422 e. The summed E-state index contributed by atoms with van der Waals surface area (Å²) < 4.78 is 48.4. The van der Waals surface area contributed by atoms with Gasteiger partial charge in [-0.2, -0.15) is 28.1 Å². The maximum Gasteiger partial charge on any atom is 0.422 e. The molecule has 1 aromatic heterocycles. The van der Waals surface area contributed by atoms with E-state index in [0.717, 1.165) is 24.7 Å². The monoisotopic (exact) mass is 754 g/mol. The van der Waals surface area contributed by atoms with Crippen molar-refractivity contribution in [2.24, 2.45) is 0 Å². The van der Waals surface area contributed by atoms with E-state index < -0.39 is 60.6 Å². The van der Waals surface area contributed by atoms with Gasteiger partial charge in [0.25, 0.3) is 5.91 Å². The highest BCUT2D eigenvalue weighted by Gasteiger charge is 2.45. The van der Waals surface area contributed by atoms with E-state index in [4.69, 9.17) is 21.1 Å². The number of hydrogen-bond acceptors (Lipinski definition) is 11. The molecule has 1 aliphatic carbocycles. The number of methoxy groups -OCH3 is 1. The highest BCUT2D eigenvalue weighted by Crippen LogP contribution is 2.48. The van der Waals surface area contributed by atoms with Crippen molar-refractivity contribution in [2.75, 3.05) is 36.2 Å². The second-order valence-corrected chi connectivity index (χ2v) is 12.3. The van der Waals surface area contributed by atoms with Gasteiger partial charge in [0.2, 0.25) is 11.9 Å². The van der Waals surface area contributed by atoms with Crippen LogP contribution < -0.4 is 31.3 Å². The predicted molar refractivity (Wildman–Crippen MR) is 188 cm³/mol. The Bertz CT molecular complexity index is 1960. The first-order valence-corrected chi connectivity index (χ1v) is 16.6. The normalized spacial score (nSPS) is 13.5. The number of benzene rings is 3. The Morgan fingerprint density at radius 3 is 2.25 bits per heavy atom. The fourth-order valence-electron chi connectivity index (χ4n) is 5.02. The quantitative estimate of drug-likeness (QED) is 0.0872. The van der Waals surface area contributed by atoms with E-state index >= 15 is 0 Å². The molecule has 1 saturated carbocycles. The average Bonchev–Trinajstić information content (AvgIpc) is 3.92. The molecule has 4 aromatic rings. The van der Waals surface area contributed by atoms with Crippen LogP contribution in [0.1, 0.15) is 41.3 Å². The lowest BCUT2D eigenvalue weighted by Gasteiger charge is -2.19. The number of nitrogens with zero attached hydrogens (tertiary/aromatic N) is 3. The predicted octanol–water partition coefficient (Wildman–Crippen LogP) is 4.90. The Kier molecular flexibility index (Phi) is 12.0. The number of aryl methyl sites for hydroxylation is 1. The molecule has 1 heterocycles. The van der Waals surface area contributed by atoms with Gasteiger partial charge in [0.15, 0.2) is 6.61 Å². The van der Waals surface area contributed by atoms with Gasteiger partial charge in [0.05, 0.1) is 12.6 Å². The van der Waals surface area contributed by atoms with Gasteiger partial charge in [-0.05, 0) is 78.9 Å². The van der Waals surface area contributed by atoms with Crippen molar-refractivity contribution in [3.8, 4) is 6.01 Å². The van der Waals surface area contributed by atoms with Crippen LogP contribution in [0.4, 0.5) is 36.4 Å². The molecule has 278 valence electrons. The Morgan fingerprint density at radius 1 is 0.906 bits per heavy atom. The summed E-state index contributed by atoms with van der Waals surface area (Å²) in [7, 11) is 1.10. The van der Waals surface area contributed by atoms with Crippen LogP contribution in [0.5, 0.6) is 6.01 Å². The van der Waals surface area contributed by atoms with Gasteiger partial charge in [-0.3, -0.25) is 14.4 Å². The number of amides is 3. The first-order valence-electron chi connectivity index (χ1n) is 16.2. The second kappa shape index (κ2) is 16.6. The molecule has 5 rings (SSSR count). The Balaban J connectivity index is 1.23. The van der Waals surface area contributed by atoms with Gasteiger partial charge in [-0.1, -0.05) is 42.8 Å². The van der Waals surface area contributed by atoms with E-state index in [9.17, 15) is 32.3 Å². The zero-order valence-corrected chi connectivity index (χ0v) is 29.1. The van der Waals surface area contributed by atoms with E-state index in [1.54, 1.807) is 30.3 Å². The van der Waals surface area contributed by atoms with Crippen LogP contribution in [0.3, 0.4) is 0 Å². The molecular weight excluding hydrogens is 721 g/mol. The van der Waals surface area contributed by atoms with Crippen LogP contribution in [0.15, 0.2) is 72.8 Å². The Hall–Kier alpha value is -5.97. The largest absolute Gasteiger partial charge is 0.467 e. The number of ether oxygens (including phenoxy) is 2. The average molecular weight is 755 g/mol. The molecule has 14 nitrogen and oxygen atoms in total. The molecule has 0 saturated heterocycles. The summed E-state index contributed by atoms with van der Waals surface area (Å²) >= 11 is 6.02. The number of esters is 1. The third-order valence-corrected chi connectivity index (χ3v) is 8.19. The molecule has 0 radical (unpaired) electrons. The van der Waals surface area contributed by atoms with Crippen LogP contribution in [0.25, 0.3) is 0 Å². The van der Waals surface area contributed by atoms with Crippen molar-refractivity contribution in [3.05, 3.63) is 94.5 Å². The zero-order chi connectivity index (χ0) is 38.2. The first kappa shape index (κ1) is 38.3.